The van der Waals surface area contributed by atoms with Crippen LogP contribution in [0.5, 0.6) is 5.75 Å². The molecule has 0 aliphatic carbocycles. The molecule has 0 heterocycles. The maximum Gasteiger partial charge on any atom is 0.252 e. The van der Waals surface area contributed by atoms with Crippen LogP contribution in [0.15, 0.2) is 18.2 Å². The third-order valence-corrected chi connectivity index (χ3v) is 2.11. The van der Waals surface area contributed by atoms with Gasteiger partial charge in [0.2, 0.25) is 0 Å². The molecule has 0 saturated heterocycles. The van der Waals surface area contributed by atoms with Crippen molar-refractivity contribution in [2.75, 3.05) is 7.11 Å². The van der Waals surface area contributed by atoms with Crippen molar-refractivity contribution in [2.24, 2.45) is 0 Å². The van der Waals surface area contributed by atoms with Crippen LogP contribution in [-0.4, -0.2) is 12.4 Å². The zero-order valence-corrected chi connectivity index (χ0v) is 8.39. The number of rotatable bonds is 3. The maximum atomic E-state index is 10.8. The van der Waals surface area contributed by atoms with E-state index in [1.807, 2.05) is 13.0 Å². The fraction of sp³-hybridized carbons (Fsp3) is 0.300. The summed E-state index contributed by atoms with van der Waals surface area (Å²) >= 11 is 5.33. The van der Waals surface area contributed by atoms with Gasteiger partial charge in [0.1, 0.15) is 5.75 Å². The number of methoxy groups -OCH3 is 1. The van der Waals surface area contributed by atoms with Crippen LogP contribution in [0.25, 0.3) is 0 Å². The molecule has 0 fully saturated rings. The predicted molar refractivity (Wildman–Crippen MR) is 52.6 cm³/mol. The van der Waals surface area contributed by atoms with E-state index in [2.05, 4.69) is 0 Å². The largest absolute Gasteiger partial charge is 0.496 e. The minimum Gasteiger partial charge on any atom is -0.496 e. The highest BCUT2D eigenvalue weighted by molar-refractivity contribution is 6.67. The number of aryl methyl sites for hydroxylation is 1. The standard InChI is InChI=1S/C10H11ClO2/c1-3-7-4-5-8(10(11)12)6-9(7)13-2/h4-6H,3H2,1-2H3. The van der Waals surface area contributed by atoms with Crippen LogP contribution >= 0.6 is 11.6 Å². The van der Waals surface area contributed by atoms with Crippen LogP contribution in [0.4, 0.5) is 0 Å². The molecule has 0 aromatic heterocycles. The summed E-state index contributed by atoms with van der Waals surface area (Å²) in [5.74, 6) is 0.717. The second-order valence-corrected chi connectivity index (χ2v) is 3.00. The van der Waals surface area contributed by atoms with E-state index >= 15 is 0 Å². The Bertz CT molecular complexity index is 321. The molecule has 0 N–H and O–H groups in total. The predicted octanol–water partition coefficient (Wildman–Crippen LogP) is 2.64. The molecule has 2 nitrogen and oxygen atoms in total. The highest BCUT2D eigenvalue weighted by atomic mass is 35.5. The first-order valence-electron chi connectivity index (χ1n) is 4.05. The number of carbonyl (C=O) groups is 1. The van der Waals surface area contributed by atoms with Gasteiger partial charge >= 0.3 is 0 Å². The van der Waals surface area contributed by atoms with E-state index in [0.717, 1.165) is 12.0 Å². The summed E-state index contributed by atoms with van der Waals surface area (Å²) in [5, 5.41) is -0.457. The second kappa shape index (κ2) is 4.28. The van der Waals surface area contributed by atoms with Crippen molar-refractivity contribution >= 4 is 16.8 Å². The third kappa shape index (κ3) is 2.22. The number of benzene rings is 1. The van der Waals surface area contributed by atoms with Crippen LogP contribution in [0.1, 0.15) is 22.8 Å². The van der Waals surface area contributed by atoms with Crippen molar-refractivity contribution in [3.63, 3.8) is 0 Å². The smallest absolute Gasteiger partial charge is 0.252 e. The van der Waals surface area contributed by atoms with Crippen molar-refractivity contribution in [3.05, 3.63) is 29.3 Å². The van der Waals surface area contributed by atoms with Crippen molar-refractivity contribution in [1.29, 1.82) is 0 Å². The summed E-state index contributed by atoms with van der Waals surface area (Å²) in [4.78, 5) is 10.8. The molecule has 3 heteroatoms. The topological polar surface area (TPSA) is 26.3 Å². The molecule has 0 amide bonds. The van der Waals surface area contributed by atoms with Crippen molar-refractivity contribution in [1.82, 2.24) is 0 Å². The van der Waals surface area contributed by atoms with Crippen LogP contribution in [0.3, 0.4) is 0 Å². The lowest BCUT2D eigenvalue weighted by Crippen LogP contribution is -1.94. The Morgan fingerprint density at radius 3 is 2.69 bits per heavy atom. The first-order valence-corrected chi connectivity index (χ1v) is 4.43. The fourth-order valence-corrected chi connectivity index (χ4v) is 1.28. The molecule has 13 heavy (non-hydrogen) atoms. The fourth-order valence-electron chi connectivity index (χ4n) is 1.16. The molecule has 70 valence electrons. The van der Waals surface area contributed by atoms with Crippen LogP contribution in [0.2, 0.25) is 0 Å². The summed E-state index contributed by atoms with van der Waals surface area (Å²) in [7, 11) is 1.58. The lowest BCUT2D eigenvalue weighted by atomic mass is 10.1. The average molecular weight is 199 g/mol. The first kappa shape index (κ1) is 10.1. The Morgan fingerprint density at radius 2 is 2.23 bits per heavy atom. The van der Waals surface area contributed by atoms with Crippen molar-refractivity contribution in [2.45, 2.75) is 13.3 Å². The highest BCUT2D eigenvalue weighted by Crippen LogP contribution is 2.21. The minimum atomic E-state index is -0.457. The molecule has 0 bridgehead atoms. The van der Waals surface area contributed by atoms with Gasteiger partial charge in [-0.15, -0.1) is 0 Å². The van der Waals surface area contributed by atoms with Crippen LogP contribution in [-0.2, 0) is 6.42 Å². The van der Waals surface area contributed by atoms with Crippen LogP contribution in [0, 0.1) is 0 Å². The number of halogens is 1. The van der Waals surface area contributed by atoms with E-state index in [1.54, 1.807) is 19.2 Å². The van der Waals surface area contributed by atoms with Gasteiger partial charge in [0, 0.05) is 5.56 Å². The van der Waals surface area contributed by atoms with Gasteiger partial charge in [0.25, 0.3) is 5.24 Å². The summed E-state index contributed by atoms with van der Waals surface area (Å²) in [6.07, 6.45) is 0.875. The molecule has 0 aliphatic rings. The average Bonchev–Trinajstić information content (AvgIpc) is 2.16. The molecule has 1 aromatic rings. The summed E-state index contributed by atoms with van der Waals surface area (Å²) in [5.41, 5.74) is 1.54. The second-order valence-electron chi connectivity index (χ2n) is 2.65. The molecule has 1 aromatic carbocycles. The Kier molecular flexibility index (Phi) is 3.32. The summed E-state index contributed by atoms with van der Waals surface area (Å²) in [6.45, 7) is 2.03. The third-order valence-electron chi connectivity index (χ3n) is 1.89. The highest BCUT2D eigenvalue weighted by Gasteiger charge is 2.06. The zero-order valence-electron chi connectivity index (χ0n) is 7.63. The van der Waals surface area contributed by atoms with Gasteiger partial charge in [-0.2, -0.15) is 0 Å². The van der Waals surface area contributed by atoms with Crippen LogP contribution < -0.4 is 4.74 Å². The van der Waals surface area contributed by atoms with Gasteiger partial charge in [0.05, 0.1) is 7.11 Å². The maximum absolute atomic E-state index is 10.8. The molecule has 0 saturated carbocycles. The molecule has 0 aliphatic heterocycles. The molecular formula is C10H11ClO2. The SMILES string of the molecule is CCc1ccc(C(=O)Cl)cc1OC. The van der Waals surface area contributed by atoms with E-state index < -0.39 is 5.24 Å². The monoisotopic (exact) mass is 198 g/mol. The van der Waals surface area contributed by atoms with Gasteiger partial charge in [-0.05, 0) is 35.7 Å². The van der Waals surface area contributed by atoms with Crippen molar-refractivity contribution < 1.29 is 9.53 Å². The number of hydrogen-bond donors (Lipinski definition) is 0. The summed E-state index contributed by atoms with van der Waals surface area (Å²) < 4.78 is 5.12. The molecule has 1 rings (SSSR count). The lowest BCUT2D eigenvalue weighted by Gasteiger charge is -2.06. The first-order chi connectivity index (χ1) is 6.19. The Balaban J connectivity index is 3.13. The molecule has 0 radical (unpaired) electrons. The van der Waals surface area contributed by atoms with Gasteiger partial charge < -0.3 is 4.74 Å². The minimum absolute atomic E-state index is 0.457. The van der Waals surface area contributed by atoms with Gasteiger partial charge in [-0.1, -0.05) is 13.0 Å². The van der Waals surface area contributed by atoms with Crippen molar-refractivity contribution in [3.8, 4) is 5.75 Å². The Morgan fingerprint density at radius 1 is 1.54 bits per heavy atom. The number of carbonyl (C=O) groups excluding carboxylic acids is 1. The molecule has 0 atom stereocenters. The quantitative estimate of drug-likeness (QED) is 0.698. The van der Waals surface area contributed by atoms with E-state index in [0.29, 0.717) is 11.3 Å². The van der Waals surface area contributed by atoms with Gasteiger partial charge in [-0.3, -0.25) is 4.79 Å². The number of hydrogen-bond acceptors (Lipinski definition) is 2. The van der Waals surface area contributed by atoms with E-state index in [1.165, 1.54) is 0 Å². The van der Waals surface area contributed by atoms with E-state index in [9.17, 15) is 4.79 Å². The number of ether oxygens (including phenoxy) is 1. The lowest BCUT2D eigenvalue weighted by molar-refractivity contribution is 0.108. The molecule has 0 unspecified atom stereocenters. The van der Waals surface area contributed by atoms with E-state index in [-0.39, 0.29) is 0 Å². The summed E-state index contributed by atoms with van der Waals surface area (Å²) in [6, 6.07) is 5.22. The Hall–Kier alpha value is -1.02. The van der Waals surface area contributed by atoms with Gasteiger partial charge in [0.15, 0.2) is 0 Å². The molecular weight excluding hydrogens is 188 g/mol. The molecule has 0 spiro atoms. The Labute approximate surface area is 82.5 Å². The van der Waals surface area contributed by atoms with E-state index in [4.69, 9.17) is 16.3 Å². The zero-order chi connectivity index (χ0) is 9.84. The van der Waals surface area contributed by atoms with Gasteiger partial charge in [-0.25, -0.2) is 0 Å². The normalized spacial score (nSPS) is 9.77.